The number of nitrogens with one attached hydrogen (secondary N) is 1. The third kappa shape index (κ3) is 4.36. The fourth-order valence-corrected chi connectivity index (χ4v) is 4.66. The van der Waals surface area contributed by atoms with E-state index in [0.717, 1.165) is 5.56 Å². The summed E-state index contributed by atoms with van der Waals surface area (Å²) < 4.78 is 11.5. The van der Waals surface area contributed by atoms with E-state index < -0.39 is 11.8 Å². The molecule has 9 nitrogen and oxygen atoms in total. The molecule has 2 aromatic carbocycles. The second-order valence-corrected chi connectivity index (χ2v) is 8.84. The molecule has 0 bridgehead atoms. The molecule has 34 heavy (non-hydrogen) atoms. The molecule has 2 aromatic rings. The molecule has 1 N–H and O–H groups in total. The number of rotatable bonds is 3. The zero-order chi connectivity index (χ0) is 23.7. The average Bonchev–Trinajstić information content (AvgIpc) is 3.30. The van der Waals surface area contributed by atoms with Crippen molar-refractivity contribution in [1.29, 1.82) is 0 Å². The Balaban J connectivity index is 1.29. The Bertz CT molecular complexity index is 1090. The van der Waals surface area contributed by atoms with Gasteiger partial charge in [0.25, 0.3) is 0 Å². The van der Waals surface area contributed by atoms with Crippen LogP contribution in [-0.4, -0.2) is 67.9 Å². The maximum Gasteiger partial charge on any atom is 0.326 e. The summed E-state index contributed by atoms with van der Waals surface area (Å²) >= 11 is 0. The molecule has 2 fully saturated rings. The lowest BCUT2D eigenvalue weighted by Crippen LogP contribution is -2.54. The molecular formula is C25H28N4O5. The minimum absolute atomic E-state index is 0.0714. The molecular weight excluding hydrogens is 436 g/mol. The molecule has 3 aliphatic heterocycles. The highest BCUT2D eigenvalue weighted by Gasteiger charge is 2.41. The zero-order valence-electron chi connectivity index (χ0n) is 19.2. The van der Waals surface area contributed by atoms with E-state index in [1.807, 2.05) is 37.3 Å². The van der Waals surface area contributed by atoms with Crippen LogP contribution in [0, 0.1) is 6.92 Å². The fraction of sp³-hybridized carbons (Fsp3) is 0.400. The first kappa shape index (κ1) is 22.4. The first-order chi connectivity index (χ1) is 16.4. The van der Waals surface area contributed by atoms with Crippen LogP contribution in [0.25, 0.3) is 0 Å². The Kier molecular flexibility index (Phi) is 5.97. The third-order valence-corrected chi connectivity index (χ3v) is 6.59. The monoisotopic (exact) mass is 464 g/mol. The Hall–Kier alpha value is -3.43. The zero-order valence-corrected chi connectivity index (χ0v) is 19.2. The largest absolute Gasteiger partial charge is 0.347 e. The van der Waals surface area contributed by atoms with Crippen LogP contribution >= 0.6 is 0 Å². The number of fused-ring (bicyclic) bond motifs is 1. The predicted molar refractivity (Wildman–Crippen MR) is 127 cm³/mol. The van der Waals surface area contributed by atoms with Gasteiger partial charge in [0.05, 0.1) is 24.6 Å². The lowest BCUT2D eigenvalue weighted by atomic mass is 10.0. The number of para-hydroxylation sites is 2. The molecule has 0 atom stereocenters. The molecule has 1 spiro atoms. The number of carbonyl (C=O) groups excluding carboxylic acids is 3. The number of piperidine rings is 1. The summed E-state index contributed by atoms with van der Waals surface area (Å²) in [7, 11) is 0. The molecule has 0 saturated carbocycles. The van der Waals surface area contributed by atoms with Gasteiger partial charge in [0, 0.05) is 31.6 Å². The van der Waals surface area contributed by atoms with Crippen molar-refractivity contribution in [2.75, 3.05) is 54.5 Å². The number of ether oxygens (including phenoxy) is 2. The summed E-state index contributed by atoms with van der Waals surface area (Å²) in [4.78, 5) is 43.8. The second kappa shape index (κ2) is 9.08. The molecule has 0 aliphatic carbocycles. The normalized spacial score (nSPS) is 19.3. The lowest BCUT2D eigenvalue weighted by Gasteiger charge is -2.39. The molecule has 2 saturated heterocycles. The minimum atomic E-state index is -0.560. The van der Waals surface area contributed by atoms with E-state index in [-0.39, 0.29) is 24.9 Å². The number of amides is 4. The molecule has 0 radical (unpaired) electrons. The van der Waals surface area contributed by atoms with Gasteiger partial charge in [0.15, 0.2) is 5.79 Å². The maximum absolute atomic E-state index is 13.1. The molecule has 4 amide bonds. The summed E-state index contributed by atoms with van der Waals surface area (Å²) in [6.07, 6.45) is 1.24. The van der Waals surface area contributed by atoms with E-state index in [0.29, 0.717) is 56.2 Å². The van der Waals surface area contributed by atoms with Gasteiger partial charge < -0.3 is 19.7 Å². The van der Waals surface area contributed by atoms with Crippen molar-refractivity contribution in [2.45, 2.75) is 25.6 Å². The topological polar surface area (TPSA) is 91.4 Å². The van der Waals surface area contributed by atoms with Crippen molar-refractivity contribution in [3.63, 3.8) is 0 Å². The van der Waals surface area contributed by atoms with Crippen molar-refractivity contribution in [3.8, 4) is 0 Å². The van der Waals surface area contributed by atoms with Crippen molar-refractivity contribution in [2.24, 2.45) is 0 Å². The van der Waals surface area contributed by atoms with Crippen LogP contribution in [0.4, 0.5) is 21.9 Å². The fourth-order valence-electron chi connectivity index (χ4n) is 4.66. The van der Waals surface area contributed by atoms with Crippen molar-refractivity contribution >= 4 is 34.9 Å². The van der Waals surface area contributed by atoms with Crippen LogP contribution in [0.2, 0.25) is 0 Å². The number of nitrogens with zero attached hydrogens (tertiary/aromatic N) is 3. The first-order valence-electron chi connectivity index (χ1n) is 11.5. The average molecular weight is 465 g/mol. The van der Waals surface area contributed by atoms with Gasteiger partial charge in [-0.3, -0.25) is 19.4 Å². The molecule has 0 unspecified atom stereocenters. The van der Waals surface area contributed by atoms with Crippen molar-refractivity contribution in [1.82, 2.24) is 4.90 Å². The second-order valence-electron chi connectivity index (χ2n) is 8.84. The molecule has 0 aromatic heterocycles. The van der Waals surface area contributed by atoms with Crippen LogP contribution in [0.1, 0.15) is 18.4 Å². The Labute approximate surface area is 198 Å². The van der Waals surface area contributed by atoms with Gasteiger partial charge in [-0.15, -0.1) is 0 Å². The van der Waals surface area contributed by atoms with Gasteiger partial charge >= 0.3 is 6.03 Å². The summed E-state index contributed by atoms with van der Waals surface area (Å²) in [5.74, 6) is -0.995. The van der Waals surface area contributed by atoms with Gasteiger partial charge in [0.1, 0.15) is 13.1 Å². The number of hydrogen-bond donors (Lipinski definition) is 1. The number of benzene rings is 2. The van der Waals surface area contributed by atoms with Crippen LogP contribution < -0.4 is 15.1 Å². The highest BCUT2D eigenvalue weighted by Crippen LogP contribution is 2.35. The number of carbonyl (C=O) groups is 3. The standard InChI is InChI=1S/C25H28N4O5/c1-18-6-8-19(9-7-18)26-24(32)29-17-23(31)28(20-4-2-3-5-21(20)29)16-22(30)27-12-10-25(11-13-27)33-14-15-34-25/h2-9H,10-17H2,1H3,(H,26,32). The predicted octanol–water partition coefficient (Wildman–Crippen LogP) is 2.75. The number of aryl methyl sites for hydroxylation is 1. The lowest BCUT2D eigenvalue weighted by molar-refractivity contribution is -0.187. The number of likely N-dealkylation sites (tertiary alicyclic amines) is 1. The van der Waals surface area contributed by atoms with E-state index in [1.165, 1.54) is 9.80 Å². The number of anilines is 3. The van der Waals surface area contributed by atoms with Gasteiger partial charge in [-0.25, -0.2) is 4.79 Å². The Morgan fingerprint density at radius 2 is 1.62 bits per heavy atom. The van der Waals surface area contributed by atoms with Crippen LogP contribution in [0.5, 0.6) is 0 Å². The van der Waals surface area contributed by atoms with Gasteiger partial charge in [0.2, 0.25) is 11.8 Å². The van der Waals surface area contributed by atoms with E-state index in [4.69, 9.17) is 9.47 Å². The smallest absolute Gasteiger partial charge is 0.326 e. The molecule has 5 rings (SSSR count). The molecule has 9 heteroatoms. The Morgan fingerprint density at radius 3 is 2.29 bits per heavy atom. The van der Waals surface area contributed by atoms with E-state index in [1.54, 1.807) is 23.1 Å². The van der Waals surface area contributed by atoms with E-state index in [9.17, 15) is 14.4 Å². The summed E-state index contributed by atoms with van der Waals surface area (Å²) in [5, 5.41) is 2.85. The highest BCUT2D eigenvalue weighted by atomic mass is 16.7. The van der Waals surface area contributed by atoms with E-state index in [2.05, 4.69) is 5.32 Å². The minimum Gasteiger partial charge on any atom is -0.347 e. The molecule has 178 valence electrons. The first-order valence-corrected chi connectivity index (χ1v) is 11.5. The van der Waals surface area contributed by atoms with Crippen LogP contribution in [0.15, 0.2) is 48.5 Å². The number of hydrogen-bond acceptors (Lipinski definition) is 5. The number of urea groups is 1. The quantitative estimate of drug-likeness (QED) is 0.754. The molecule has 3 aliphatic rings. The Morgan fingerprint density at radius 1 is 0.971 bits per heavy atom. The van der Waals surface area contributed by atoms with E-state index >= 15 is 0 Å². The van der Waals surface area contributed by atoms with Crippen LogP contribution in [0.3, 0.4) is 0 Å². The summed E-state index contributed by atoms with van der Waals surface area (Å²) in [6, 6.07) is 14.2. The van der Waals surface area contributed by atoms with Crippen molar-refractivity contribution < 1.29 is 23.9 Å². The third-order valence-electron chi connectivity index (χ3n) is 6.59. The SMILES string of the molecule is Cc1ccc(NC(=O)N2CC(=O)N(CC(=O)N3CCC4(CC3)OCCO4)c3ccccc32)cc1. The van der Waals surface area contributed by atoms with Crippen LogP contribution in [-0.2, 0) is 19.1 Å². The summed E-state index contributed by atoms with van der Waals surface area (Å²) in [6.45, 7) is 3.97. The highest BCUT2D eigenvalue weighted by molar-refractivity contribution is 6.15. The summed E-state index contributed by atoms with van der Waals surface area (Å²) in [5.41, 5.74) is 2.87. The maximum atomic E-state index is 13.1. The van der Waals surface area contributed by atoms with Gasteiger partial charge in [-0.1, -0.05) is 29.8 Å². The molecule has 3 heterocycles. The van der Waals surface area contributed by atoms with Crippen molar-refractivity contribution in [3.05, 3.63) is 54.1 Å². The van der Waals surface area contributed by atoms with Gasteiger partial charge in [-0.05, 0) is 31.2 Å². The van der Waals surface area contributed by atoms with Gasteiger partial charge in [-0.2, -0.15) is 0 Å².